The molecule has 12 bridgehead atoms. The Kier molecular flexibility index (Phi) is 32.1. The summed E-state index contributed by atoms with van der Waals surface area (Å²) in [6.07, 6.45) is 2.90. The van der Waals surface area contributed by atoms with Crippen molar-refractivity contribution in [1.82, 2.24) is 51.2 Å². The predicted octanol–water partition coefficient (Wildman–Crippen LogP) is 5.47. The fourth-order valence-electron chi connectivity index (χ4n) is 15.6. The van der Waals surface area contributed by atoms with Gasteiger partial charge in [0.2, 0.25) is 53.2 Å². The summed E-state index contributed by atoms with van der Waals surface area (Å²) in [5.74, 6) is -8.29. The highest BCUT2D eigenvalue weighted by atomic mass is 19.1. The van der Waals surface area contributed by atoms with Gasteiger partial charge in [-0.15, -0.1) is 0 Å². The van der Waals surface area contributed by atoms with E-state index in [4.69, 9.17) is 18.9 Å². The highest BCUT2D eigenvalue weighted by molar-refractivity contribution is 6.00. The smallest absolute Gasteiger partial charge is 0.246 e. The Labute approximate surface area is 662 Å². The van der Waals surface area contributed by atoms with Gasteiger partial charge in [-0.1, -0.05) is 73.5 Å². The first-order valence-electron chi connectivity index (χ1n) is 39.7. The van der Waals surface area contributed by atoms with Gasteiger partial charge in [-0.25, -0.2) is 4.39 Å². The third kappa shape index (κ3) is 24.8. The monoisotopic (exact) mass is 1570 g/mol. The van der Waals surface area contributed by atoms with E-state index in [1.54, 1.807) is 61.5 Å². The summed E-state index contributed by atoms with van der Waals surface area (Å²) in [5.41, 5.74) is 3.38. The molecule has 113 heavy (non-hydrogen) atoms. The molecule has 28 heteroatoms. The van der Waals surface area contributed by atoms with E-state index in [-0.39, 0.29) is 110 Å². The van der Waals surface area contributed by atoms with E-state index in [0.29, 0.717) is 117 Å². The maximum atomic E-state index is 16.3. The summed E-state index contributed by atoms with van der Waals surface area (Å²) in [6, 6.07) is 18.2. The standard InChI is InChI=1S/C84H112FN11O16.CH3/c1-55(97)77-80(105)90-67(45-57-26-29-64(109-6)30-27-57)83(108)95-37-15-34-84(95,2)72(99)19-14-16-56-22-24-58(25-23-56)52-93-36-12-8-7-11-35-92-53-62(65-49-63(85)28-31-69(65)92)47-61-48-70(98)66(46-59-17-13-18-60(44-59)50-86-75(102)54-112-71-32-38-94(82(61)107)78(71)81(106)91-77)89-79(104)68(88-74(101)20-9-10-21-76(93)103)51-87-73(100)33-40-110-42-43-111-41-39-96(3,4)5;/h13,17-18,22-31,44,49,53,55,61,66-68,71,77-78,97H,7-12,14-16,19-21,32-43,45-48,50-52,54H2,1-6H3,(H5-,86,87,88,89,90,91,100,101,102,104,105,106);1H3/q;-1/p+1/t55-,61-,66+,67+,68-,71+,77+,78+,84+;/m1./s1. The Balaban J connectivity index is 0.0000146. The van der Waals surface area contributed by atoms with Crippen LogP contribution in [0.4, 0.5) is 4.39 Å². The topological polar surface area (TPSA) is 332 Å². The lowest BCUT2D eigenvalue weighted by Gasteiger charge is -2.37. The van der Waals surface area contributed by atoms with Gasteiger partial charge in [-0.05, 0) is 148 Å². The molecule has 2 saturated heterocycles. The first-order chi connectivity index (χ1) is 53.7. The van der Waals surface area contributed by atoms with E-state index < -0.39 is 132 Å². The van der Waals surface area contributed by atoms with Gasteiger partial charge in [0.1, 0.15) is 48.9 Å². The number of quaternary nitrogens is 1. The molecule has 9 amide bonds. The van der Waals surface area contributed by atoms with E-state index in [9.17, 15) is 29.1 Å². The molecule has 0 saturated carbocycles. The molecule has 614 valence electrons. The van der Waals surface area contributed by atoms with Gasteiger partial charge < -0.3 is 87.1 Å². The maximum absolute atomic E-state index is 16.3. The summed E-state index contributed by atoms with van der Waals surface area (Å²) in [5, 5.41) is 28.9. The Hall–Kier alpha value is -9.48. The second-order valence-corrected chi connectivity index (χ2v) is 31.7. The number of Topliss-reactive ketones (excluding diaryl/α,β-unsaturated/α-hetero) is 2. The number of hydrogen-bond acceptors (Lipinski definition) is 16. The lowest BCUT2D eigenvalue weighted by atomic mass is 9.88. The Morgan fingerprint density at radius 1 is 0.690 bits per heavy atom. The van der Waals surface area contributed by atoms with Crippen molar-refractivity contribution in [1.29, 1.82) is 0 Å². The molecule has 0 unspecified atom stereocenters. The molecule has 6 aliphatic rings. The number of fused-ring (bicyclic) bond motifs is 16. The number of benzene rings is 4. The van der Waals surface area contributed by atoms with E-state index >= 15 is 33.2 Å². The van der Waals surface area contributed by atoms with Crippen molar-refractivity contribution in [2.45, 2.75) is 203 Å². The zero-order valence-corrected chi connectivity index (χ0v) is 66.7. The molecule has 0 spiro atoms. The Bertz CT molecular complexity index is 4130. The maximum Gasteiger partial charge on any atom is 0.246 e. The minimum Gasteiger partial charge on any atom is -0.497 e. The number of carbonyl (C=O) groups is 11. The van der Waals surface area contributed by atoms with E-state index in [1.807, 2.05) is 39.9 Å². The highest BCUT2D eigenvalue weighted by Crippen LogP contribution is 2.35. The Morgan fingerprint density at radius 3 is 2.16 bits per heavy atom. The largest absolute Gasteiger partial charge is 0.497 e. The van der Waals surface area contributed by atoms with Crippen molar-refractivity contribution in [2.75, 3.05) is 94.0 Å². The van der Waals surface area contributed by atoms with Crippen molar-refractivity contribution < 1.29 is 85.7 Å². The van der Waals surface area contributed by atoms with Crippen LogP contribution in [0, 0.1) is 19.2 Å². The summed E-state index contributed by atoms with van der Waals surface area (Å²) in [7, 11) is 7.67. The second kappa shape index (κ2) is 41.5. The number of ether oxygens (including phenoxy) is 4. The quantitative estimate of drug-likeness (QED) is 0.0388. The number of hydrogen-bond donors (Lipinski definition) is 7. The summed E-state index contributed by atoms with van der Waals surface area (Å²) < 4.78 is 41.7. The van der Waals surface area contributed by atoms with Gasteiger partial charge >= 0.3 is 0 Å². The van der Waals surface area contributed by atoms with Crippen LogP contribution in [-0.4, -0.2) is 236 Å². The van der Waals surface area contributed by atoms with Crippen LogP contribution in [0.25, 0.3) is 10.9 Å². The third-order valence-electron chi connectivity index (χ3n) is 22.1. The molecular formula is C85H116FN11O16. The van der Waals surface area contributed by atoms with Crippen LogP contribution in [0.5, 0.6) is 5.75 Å². The molecule has 1 aromatic heterocycles. The van der Waals surface area contributed by atoms with Crippen LogP contribution in [0.1, 0.15) is 144 Å². The van der Waals surface area contributed by atoms with Crippen LogP contribution >= 0.6 is 0 Å². The zero-order valence-electron chi connectivity index (χ0n) is 66.7. The molecular weight excluding hydrogens is 1450 g/mol. The molecule has 7 N–H and O–H groups in total. The first-order valence-corrected chi connectivity index (χ1v) is 39.7. The third-order valence-corrected chi connectivity index (χ3v) is 22.1. The van der Waals surface area contributed by atoms with Crippen LogP contribution in [-0.2, 0) is 112 Å². The van der Waals surface area contributed by atoms with Crippen LogP contribution in [0.15, 0.2) is 97.2 Å². The fourth-order valence-corrected chi connectivity index (χ4v) is 15.6. The number of carbonyl (C=O) groups excluding carboxylic acids is 11. The van der Waals surface area contributed by atoms with Crippen molar-refractivity contribution in [3.8, 4) is 5.75 Å². The van der Waals surface area contributed by atoms with Crippen LogP contribution < -0.4 is 36.6 Å². The summed E-state index contributed by atoms with van der Waals surface area (Å²) >= 11 is 0. The number of ketones is 2. The molecule has 0 radical (unpaired) electrons. The van der Waals surface area contributed by atoms with E-state index in [1.165, 1.54) is 36.0 Å². The van der Waals surface area contributed by atoms with Crippen molar-refractivity contribution in [3.05, 3.63) is 144 Å². The number of nitrogens with one attached hydrogen (secondary N) is 6. The van der Waals surface area contributed by atoms with E-state index in [0.717, 1.165) is 35.0 Å². The van der Waals surface area contributed by atoms with Gasteiger partial charge in [0.15, 0.2) is 11.6 Å². The molecule has 0 aliphatic carbocycles. The number of aromatic nitrogens is 1. The first kappa shape index (κ1) is 87.5. The van der Waals surface area contributed by atoms with E-state index in [2.05, 4.69) is 53.0 Å². The van der Waals surface area contributed by atoms with Crippen molar-refractivity contribution in [2.24, 2.45) is 5.92 Å². The highest BCUT2D eigenvalue weighted by Gasteiger charge is 2.49. The number of amides is 9. The molecule has 27 nitrogen and oxygen atoms in total. The average Bonchev–Trinajstić information content (AvgIpc) is 1.64. The van der Waals surface area contributed by atoms with Crippen molar-refractivity contribution >= 4 is 75.6 Å². The zero-order chi connectivity index (χ0) is 80.1. The van der Waals surface area contributed by atoms with Gasteiger partial charge in [0.05, 0.1) is 78.5 Å². The minimum atomic E-state index is -1.81. The number of aryl methyl sites for hydroxylation is 2. The number of halogens is 1. The molecule has 5 aromatic rings. The lowest BCUT2D eigenvalue weighted by Crippen LogP contribution is -2.62. The SMILES string of the molecule is COc1ccc(C[C@@H]2NC(=O)[C@H]([C@@H](C)O)NC(=O)[C@@H]3[C@@H]4CCN3C(=O)[C@H]3CC(=O)[C@H](Cc5cccc(c5)CNC(=O)CO4)NC(=O)[C@@H](CNC(=O)CCOCCOCC[N+](C)(C)C)NC(=O)CCCCC(=O)N(CCCCCCn4cc(c5cc(F)ccc54)C3)Cc3ccc(cc3)CCCC(=O)[C@]3(C)CCCN3C2=O)cc1.[CH3-]. The minimum absolute atomic E-state index is 0. The Morgan fingerprint density at radius 2 is 1.42 bits per heavy atom. The molecule has 6 aliphatic heterocycles. The summed E-state index contributed by atoms with van der Waals surface area (Å²) in [4.78, 5) is 169. The molecule has 11 rings (SSSR count). The molecule has 7 heterocycles. The number of likely N-dealkylation sites (N-methyl/N-ethyl adjacent to an activating group) is 1. The average molecular weight is 1570 g/mol. The van der Waals surface area contributed by atoms with Crippen LogP contribution in [0.3, 0.4) is 0 Å². The van der Waals surface area contributed by atoms with Gasteiger partial charge in [0.25, 0.3) is 0 Å². The molecule has 2 fully saturated rings. The van der Waals surface area contributed by atoms with Crippen molar-refractivity contribution in [3.63, 3.8) is 0 Å². The number of aliphatic hydroxyl groups is 1. The predicted molar refractivity (Wildman–Crippen MR) is 421 cm³/mol. The van der Waals surface area contributed by atoms with Crippen LogP contribution in [0.2, 0.25) is 0 Å². The number of methoxy groups -OCH3 is 1. The second-order valence-electron chi connectivity index (χ2n) is 31.7. The van der Waals surface area contributed by atoms with Gasteiger partial charge in [-0.2, -0.15) is 0 Å². The molecule has 9 atom stereocenters. The fraction of sp³-hybridized carbons (Fsp3) is 0.553. The number of nitrogens with zero attached hydrogens (tertiary/aromatic N) is 5. The number of aliphatic hydroxyl groups excluding tert-OH is 1. The lowest BCUT2D eigenvalue weighted by molar-refractivity contribution is -0.870. The number of rotatable bonds is 15. The summed E-state index contributed by atoms with van der Waals surface area (Å²) in [6.45, 7) is 4.94. The van der Waals surface area contributed by atoms with Gasteiger partial charge in [0, 0.05) is 107 Å². The normalized spacial score (nSPS) is 24.1. The molecule has 4 aromatic carbocycles. The van der Waals surface area contributed by atoms with Gasteiger partial charge in [-0.3, -0.25) is 52.7 Å².